The Morgan fingerprint density at radius 3 is 1.00 bits per heavy atom. The van der Waals surface area contributed by atoms with Gasteiger partial charge < -0.3 is 43.4 Å². The molecule has 0 saturated carbocycles. The molecule has 0 saturated heterocycles. The second-order valence-corrected chi connectivity index (χ2v) is 6.14. The molecule has 1 aromatic rings. The molecule has 0 aliphatic heterocycles. The van der Waals surface area contributed by atoms with E-state index in [4.69, 9.17) is 28.7 Å². The number of nitrogens with two attached hydrogens (primary N) is 5. The Balaban J connectivity index is 3.38. The fraction of sp³-hybridized carbons (Fsp3) is 0.812. The first-order valence-corrected chi connectivity index (χ1v) is 9.66. The Labute approximate surface area is 162 Å². The molecule has 0 bridgehead atoms. The zero-order chi connectivity index (χ0) is 20.1. The summed E-state index contributed by atoms with van der Waals surface area (Å²) in [7, 11) is 0. The number of hydrogen-bond acceptors (Lipinski definition) is 11. The van der Waals surface area contributed by atoms with Gasteiger partial charge in [0.05, 0.1) is 0 Å². The molecule has 1 rings (SSSR count). The van der Waals surface area contributed by atoms with Crippen LogP contribution >= 0.6 is 0 Å². The van der Waals surface area contributed by atoms with Crippen molar-refractivity contribution in [2.24, 2.45) is 28.7 Å². The van der Waals surface area contributed by atoms with Crippen molar-refractivity contribution < 1.29 is 0 Å². The third kappa shape index (κ3) is 7.39. The minimum atomic E-state index is 0.479. The molecule has 0 aromatic carbocycles. The lowest BCUT2D eigenvalue weighted by atomic mass is 10.4. The van der Waals surface area contributed by atoms with Crippen LogP contribution in [-0.2, 0) is 0 Å². The Morgan fingerprint density at radius 2 is 0.778 bits per heavy atom. The summed E-state index contributed by atoms with van der Waals surface area (Å²) in [5.74, 6) is 1.71. The van der Waals surface area contributed by atoms with Crippen molar-refractivity contribution in [3.8, 4) is 0 Å². The summed E-state index contributed by atoms with van der Waals surface area (Å²) in [5, 5.41) is 0. The standard InChI is InChI=1S/C16H37N11/c1-2-8-25(9-3-17)14-22-15(26(10-4-18)11-5-19)24-16(23-14)27(12-6-20)13-7-21/h2-13,17-21H2,1H3. The van der Waals surface area contributed by atoms with Crippen LogP contribution < -0.4 is 43.4 Å². The molecule has 11 heteroatoms. The molecular formula is C16H37N11. The Kier molecular flexibility index (Phi) is 11.5. The average molecular weight is 384 g/mol. The molecule has 0 unspecified atom stereocenters. The largest absolute Gasteiger partial charge is 0.339 e. The SMILES string of the molecule is CCCN(CCN)c1nc(N(CCN)CCN)nc(N(CCN)CCN)n1. The maximum absolute atomic E-state index is 5.78. The maximum atomic E-state index is 5.78. The van der Waals surface area contributed by atoms with Crippen LogP contribution in [0.25, 0.3) is 0 Å². The van der Waals surface area contributed by atoms with Crippen LogP contribution in [0.1, 0.15) is 13.3 Å². The van der Waals surface area contributed by atoms with E-state index >= 15 is 0 Å². The zero-order valence-electron chi connectivity index (χ0n) is 16.6. The Morgan fingerprint density at radius 1 is 0.519 bits per heavy atom. The van der Waals surface area contributed by atoms with Gasteiger partial charge in [-0.15, -0.1) is 0 Å². The van der Waals surface area contributed by atoms with Crippen LogP contribution in [0.15, 0.2) is 0 Å². The topological polar surface area (TPSA) is 178 Å². The van der Waals surface area contributed by atoms with Gasteiger partial charge in [0.25, 0.3) is 0 Å². The van der Waals surface area contributed by atoms with Gasteiger partial charge in [-0.3, -0.25) is 0 Å². The molecular weight excluding hydrogens is 346 g/mol. The van der Waals surface area contributed by atoms with Crippen molar-refractivity contribution in [3.63, 3.8) is 0 Å². The predicted molar refractivity (Wildman–Crippen MR) is 112 cm³/mol. The highest BCUT2D eigenvalue weighted by Gasteiger charge is 2.19. The van der Waals surface area contributed by atoms with Crippen LogP contribution in [-0.4, -0.2) is 86.9 Å². The van der Waals surface area contributed by atoms with Crippen molar-refractivity contribution in [1.29, 1.82) is 0 Å². The van der Waals surface area contributed by atoms with Crippen LogP contribution in [0.4, 0.5) is 17.8 Å². The van der Waals surface area contributed by atoms with Gasteiger partial charge in [0, 0.05) is 72.0 Å². The van der Waals surface area contributed by atoms with E-state index in [1.165, 1.54) is 0 Å². The molecule has 11 nitrogen and oxygen atoms in total. The van der Waals surface area contributed by atoms with Gasteiger partial charge in [0.2, 0.25) is 17.8 Å². The van der Waals surface area contributed by atoms with Crippen LogP contribution in [0.3, 0.4) is 0 Å². The summed E-state index contributed by atoms with van der Waals surface area (Å²) >= 11 is 0. The van der Waals surface area contributed by atoms with Gasteiger partial charge in [-0.2, -0.15) is 15.0 Å². The molecule has 0 aliphatic rings. The lowest BCUT2D eigenvalue weighted by molar-refractivity contribution is 0.697. The van der Waals surface area contributed by atoms with E-state index in [1.807, 2.05) is 9.80 Å². The predicted octanol–water partition coefficient (Wildman–Crippen LogP) is -2.51. The minimum Gasteiger partial charge on any atom is -0.339 e. The summed E-state index contributed by atoms with van der Waals surface area (Å²) in [6.07, 6.45) is 0.959. The van der Waals surface area contributed by atoms with E-state index in [9.17, 15) is 0 Å². The monoisotopic (exact) mass is 383 g/mol. The van der Waals surface area contributed by atoms with Crippen molar-refractivity contribution in [2.45, 2.75) is 13.3 Å². The quantitative estimate of drug-likeness (QED) is 0.216. The first kappa shape index (κ1) is 23.2. The van der Waals surface area contributed by atoms with Crippen molar-refractivity contribution in [1.82, 2.24) is 15.0 Å². The molecule has 0 aliphatic carbocycles. The third-order valence-corrected chi connectivity index (χ3v) is 3.94. The number of aromatic nitrogens is 3. The molecule has 1 aromatic heterocycles. The molecule has 0 fully saturated rings. The van der Waals surface area contributed by atoms with Crippen LogP contribution in [0, 0.1) is 0 Å². The second kappa shape index (κ2) is 13.4. The summed E-state index contributed by atoms with van der Waals surface area (Å²) in [4.78, 5) is 20.1. The van der Waals surface area contributed by atoms with Gasteiger partial charge in [-0.05, 0) is 6.42 Å². The molecule has 0 radical (unpaired) electrons. The highest BCUT2D eigenvalue weighted by Crippen LogP contribution is 2.19. The van der Waals surface area contributed by atoms with Gasteiger partial charge in [0.15, 0.2) is 0 Å². The van der Waals surface area contributed by atoms with Crippen molar-refractivity contribution in [3.05, 3.63) is 0 Å². The molecule has 0 amide bonds. The molecule has 10 N–H and O–H groups in total. The maximum Gasteiger partial charge on any atom is 0.232 e. The molecule has 0 atom stereocenters. The first-order valence-electron chi connectivity index (χ1n) is 9.66. The lowest BCUT2D eigenvalue weighted by Crippen LogP contribution is -2.39. The lowest BCUT2D eigenvalue weighted by Gasteiger charge is -2.28. The minimum absolute atomic E-state index is 0.479. The highest BCUT2D eigenvalue weighted by molar-refractivity contribution is 5.47. The van der Waals surface area contributed by atoms with Crippen LogP contribution in [0.5, 0.6) is 0 Å². The van der Waals surface area contributed by atoms with Crippen molar-refractivity contribution >= 4 is 17.8 Å². The smallest absolute Gasteiger partial charge is 0.232 e. The van der Waals surface area contributed by atoms with E-state index < -0.39 is 0 Å². The summed E-state index contributed by atoms with van der Waals surface area (Å²) < 4.78 is 0. The first-order chi connectivity index (χ1) is 13.1. The second-order valence-electron chi connectivity index (χ2n) is 6.14. The molecule has 0 spiro atoms. The van der Waals surface area contributed by atoms with Gasteiger partial charge in [-0.1, -0.05) is 6.92 Å². The fourth-order valence-corrected chi connectivity index (χ4v) is 2.75. The third-order valence-electron chi connectivity index (χ3n) is 3.94. The van der Waals surface area contributed by atoms with Crippen LogP contribution in [0.2, 0.25) is 0 Å². The number of hydrogen-bond donors (Lipinski definition) is 5. The van der Waals surface area contributed by atoms with Gasteiger partial charge in [-0.25, -0.2) is 0 Å². The molecule has 1 heterocycles. The van der Waals surface area contributed by atoms with E-state index in [2.05, 4.69) is 26.8 Å². The summed E-state index contributed by atoms with van der Waals surface area (Å²) in [5.41, 5.74) is 28.8. The number of nitrogens with zero attached hydrogens (tertiary/aromatic N) is 6. The van der Waals surface area contributed by atoms with E-state index in [0.717, 1.165) is 13.0 Å². The number of anilines is 3. The summed E-state index contributed by atoms with van der Waals surface area (Å²) in [6.45, 7) is 8.45. The Bertz CT molecular complexity index is 411. The molecule has 27 heavy (non-hydrogen) atoms. The van der Waals surface area contributed by atoms with Crippen molar-refractivity contribution in [2.75, 3.05) is 86.7 Å². The number of rotatable bonds is 15. The molecule has 156 valence electrons. The van der Waals surface area contributed by atoms with E-state index in [1.54, 1.807) is 0 Å². The van der Waals surface area contributed by atoms with Gasteiger partial charge in [0.1, 0.15) is 0 Å². The fourth-order valence-electron chi connectivity index (χ4n) is 2.75. The van der Waals surface area contributed by atoms with E-state index in [-0.39, 0.29) is 0 Å². The van der Waals surface area contributed by atoms with E-state index in [0.29, 0.717) is 83.3 Å². The highest BCUT2D eigenvalue weighted by atomic mass is 15.4. The normalized spacial score (nSPS) is 10.9. The summed E-state index contributed by atoms with van der Waals surface area (Å²) in [6, 6.07) is 0. The average Bonchev–Trinajstić information content (AvgIpc) is 2.67. The Hall–Kier alpha value is -1.79. The van der Waals surface area contributed by atoms with Gasteiger partial charge >= 0.3 is 0 Å². The zero-order valence-corrected chi connectivity index (χ0v) is 16.6.